The Labute approximate surface area is 153 Å². The molecule has 2 atom stereocenters. The van der Waals surface area contributed by atoms with E-state index in [0.29, 0.717) is 11.3 Å². The molecule has 1 aliphatic rings. The highest BCUT2D eigenvalue weighted by molar-refractivity contribution is 8.04. The molecular formula is C21H22O3S. The summed E-state index contributed by atoms with van der Waals surface area (Å²) in [6.45, 7) is 2.05. The topological polar surface area (TPSA) is 35.5 Å². The summed E-state index contributed by atoms with van der Waals surface area (Å²) in [7, 11) is 1.60. The number of hydrogen-bond donors (Lipinski definition) is 0. The van der Waals surface area contributed by atoms with Gasteiger partial charge < -0.3 is 9.47 Å². The molecule has 130 valence electrons. The molecule has 3 rings (SSSR count). The van der Waals surface area contributed by atoms with Crippen LogP contribution in [0.4, 0.5) is 0 Å². The lowest BCUT2D eigenvalue weighted by Gasteiger charge is -2.27. The SMILES string of the molecule is COC1C=C(Sc2ccc(C)cc2)C(=O)[C@H](CCc2ccccc2)O1. The van der Waals surface area contributed by atoms with Crippen molar-refractivity contribution in [3.05, 3.63) is 76.7 Å². The molecule has 0 saturated carbocycles. The zero-order valence-electron chi connectivity index (χ0n) is 14.5. The minimum Gasteiger partial charge on any atom is -0.352 e. The third-order valence-corrected chi connectivity index (χ3v) is 5.21. The molecule has 2 aromatic rings. The molecule has 0 N–H and O–H groups in total. The molecule has 0 aliphatic carbocycles. The molecule has 0 radical (unpaired) electrons. The van der Waals surface area contributed by atoms with E-state index >= 15 is 0 Å². The van der Waals surface area contributed by atoms with Crippen LogP contribution in [0.5, 0.6) is 0 Å². The molecule has 1 aliphatic heterocycles. The van der Waals surface area contributed by atoms with Crippen LogP contribution in [0.2, 0.25) is 0 Å². The van der Waals surface area contributed by atoms with Crippen LogP contribution in [-0.2, 0) is 20.7 Å². The van der Waals surface area contributed by atoms with Crippen LogP contribution in [0, 0.1) is 6.92 Å². The van der Waals surface area contributed by atoms with Gasteiger partial charge in [-0.25, -0.2) is 0 Å². The molecule has 0 spiro atoms. The van der Waals surface area contributed by atoms with Crippen LogP contribution in [-0.4, -0.2) is 25.3 Å². The van der Waals surface area contributed by atoms with Crippen molar-refractivity contribution in [1.82, 2.24) is 0 Å². The molecule has 2 aromatic carbocycles. The Bertz CT molecular complexity index is 737. The molecule has 1 heterocycles. The van der Waals surface area contributed by atoms with Gasteiger partial charge >= 0.3 is 0 Å². The van der Waals surface area contributed by atoms with Crippen molar-refractivity contribution in [1.29, 1.82) is 0 Å². The van der Waals surface area contributed by atoms with Crippen molar-refractivity contribution in [2.75, 3.05) is 7.11 Å². The third-order valence-electron chi connectivity index (χ3n) is 4.14. The standard InChI is InChI=1S/C21H22O3S/c1-15-8-11-17(12-9-15)25-19-14-20(23-2)24-18(21(19)22)13-10-16-6-4-3-5-7-16/h3-9,11-12,14,18,20H,10,13H2,1-2H3/t18-,20?/m0/s1. The van der Waals surface area contributed by atoms with Crippen molar-refractivity contribution in [3.8, 4) is 0 Å². The van der Waals surface area contributed by atoms with Crippen LogP contribution in [0.25, 0.3) is 0 Å². The summed E-state index contributed by atoms with van der Waals surface area (Å²) in [6, 6.07) is 18.3. The van der Waals surface area contributed by atoms with Crippen molar-refractivity contribution >= 4 is 17.5 Å². The molecule has 0 bridgehead atoms. The summed E-state index contributed by atoms with van der Waals surface area (Å²) in [5, 5.41) is 0. The van der Waals surface area contributed by atoms with Crippen LogP contribution in [0.1, 0.15) is 17.5 Å². The molecule has 0 aromatic heterocycles. The number of thioether (sulfide) groups is 1. The molecule has 1 unspecified atom stereocenters. The van der Waals surface area contributed by atoms with Gasteiger partial charge in [0.2, 0.25) is 0 Å². The number of carbonyl (C=O) groups is 1. The lowest BCUT2D eigenvalue weighted by Crippen LogP contribution is -2.35. The summed E-state index contributed by atoms with van der Waals surface area (Å²) < 4.78 is 11.1. The second kappa shape index (κ2) is 8.48. The van der Waals surface area contributed by atoms with Gasteiger partial charge in [0.1, 0.15) is 6.10 Å². The second-order valence-electron chi connectivity index (χ2n) is 6.06. The first-order valence-corrected chi connectivity index (χ1v) is 9.20. The minimum atomic E-state index is -0.480. The Balaban J connectivity index is 1.70. The van der Waals surface area contributed by atoms with Crippen LogP contribution < -0.4 is 0 Å². The monoisotopic (exact) mass is 354 g/mol. The highest BCUT2D eigenvalue weighted by Gasteiger charge is 2.31. The van der Waals surface area contributed by atoms with Gasteiger partial charge in [0.15, 0.2) is 12.1 Å². The van der Waals surface area contributed by atoms with E-state index in [1.54, 1.807) is 13.2 Å². The number of Topliss-reactive ketones (excluding diaryl/α,β-unsaturated/α-hetero) is 1. The zero-order chi connectivity index (χ0) is 17.6. The first-order chi connectivity index (χ1) is 12.2. The van der Waals surface area contributed by atoms with Crippen molar-refractivity contribution < 1.29 is 14.3 Å². The maximum Gasteiger partial charge on any atom is 0.198 e. The molecule has 0 saturated heterocycles. The van der Waals surface area contributed by atoms with E-state index in [-0.39, 0.29) is 5.78 Å². The molecule has 0 fully saturated rings. The van der Waals surface area contributed by atoms with Crippen LogP contribution in [0.15, 0.2) is 70.5 Å². The lowest BCUT2D eigenvalue weighted by atomic mass is 10.0. The molecule has 25 heavy (non-hydrogen) atoms. The fourth-order valence-corrected chi connectivity index (χ4v) is 3.65. The number of hydrogen-bond acceptors (Lipinski definition) is 4. The number of ketones is 1. The van der Waals surface area contributed by atoms with Gasteiger partial charge in [-0.2, -0.15) is 0 Å². The van der Waals surface area contributed by atoms with Gasteiger partial charge in [-0.15, -0.1) is 0 Å². The van der Waals surface area contributed by atoms with E-state index in [0.717, 1.165) is 11.3 Å². The predicted octanol–water partition coefficient (Wildman–Crippen LogP) is 4.54. The Morgan fingerprint density at radius 1 is 1.08 bits per heavy atom. The maximum absolute atomic E-state index is 12.8. The van der Waals surface area contributed by atoms with Gasteiger partial charge in [0, 0.05) is 12.0 Å². The van der Waals surface area contributed by atoms with Gasteiger partial charge in [0.25, 0.3) is 0 Å². The lowest BCUT2D eigenvalue weighted by molar-refractivity contribution is -0.156. The number of ether oxygens (including phenoxy) is 2. The van der Waals surface area contributed by atoms with E-state index in [9.17, 15) is 4.79 Å². The Morgan fingerprint density at radius 3 is 2.48 bits per heavy atom. The molecule has 4 heteroatoms. The normalized spacial score (nSPS) is 20.4. The number of rotatable bonds is 6. The zero-order valence-corrected chi connectivity index (χ0v) is 15.3. The number of methoxy groups -OCH3 is 1. The van der Waals surface area contributed by atoms with Crippen molar-refractivity contribution in [3.63, 3.8) is 0 Å². The summed E-state index contributed by atoms with van der Waals surface area (Å²) >= 11 is 1.48. The summed E-state index contributed by atoms with van der Waals surface area (Å²) in [5.41, 5.74) is 2.40. The molecular weight excluding hydrogens is 332 g/mol. The Kier molecular flexibility index (Phi) is 6.08. The average molecular weight is 354 g/mol. The van der Waals surface area contributed by atoms with E-state index in [2.05, 4.69) is 12.1 Å². The first-order valence-electron chi connectivity index (χ1n) is 8.38. The molecule has 3 nitrogen and oxygen atoms in total. The van der Waals surface area contributed by atoms with E-state index < -0.39 is 12.4 Å². The second-order valence-corrected chi connectivity index (χ2v) is 7.18. The van der Waals surface area contributed by atoms with Crippen molar-refractivity contribution in [2.45, 2.75) is 37.1 Å². The Hall–Kier alpha value is -1.88. The number of aryl methyl sites for hydroxylation is 2. The minimum absolute atomic E-state index is 0.0369. The van der Waals surface area contributed by atoms with E-state index in [1.807, 2.05) is 49.4 Å². The summed E-state index contributed by atoms with van der Waals surface area (Å²) in [6.07, 6.45) is 2.27. The third kappa shape index (κ3) is 4.82. The molecule has 0 amide bonds. The maximum atomic E-state index is 12.8. The van der Waals surface area contributed by atoms with Gasteiger partial charge in [0.05, 0.1) is 4.91 Å². The average Bonchev–Trinajstić information content (AvgIpc) is 2.65. The fourth-order valence-electron chi connectivity index (χ4n) is 2.71. The van der Waals surface area contributed by atoms with Gasteiger partial charge in [-0.3, -0.25) is 4.79 Å². The summed E-state index contributed by atoms with van der Waals surface area (Å²) in [4.78, 5) is 14.5. The first kappa shape index (κ1) is 17.9. The van der Waals surface area contributed by atoms with E-state index in [1.165, 1.54) is 22.9 Å². The van der Waals surface area contributed by atoms with E-state index in [4.69, 9.17) is 9.47 Å². The highest BCUT2D eigenvalue weighted by atomic mass is 32.2. The largest absolute Gasteiger partial charge is 0.352 e. The highest BCUT2D eigenvalue weighted by Crippen LogP contribution is 2.33. The smallest absolute Gasteiger partial charge is 0.198 e. The van der Waals surface area contributed by atoms with Crippen LogP contribution in [0.3, 0.4) is 0 Å². The fraction of sp³-hybridized carbons (Fsp3) is 0.286. The van der Waals surface area contributed by atoms with Crippen molar-refractivity contribution in [2.24, 2.45) is 0 Å². The van der Waals surface area contributed by atoms with Gasteiger partial charge in [-0.1, -0.05) is 59.8 Å². The predicted molar refractivity (Wildman–Crippen MR) is 101 cm³/mol. The number of benzene rings is 2. The summed E-state index contributed by atoms with van der Waals surface area (Å²) in [5.74, 6) is 0.0369. The quantitative estimate of drug-likeness (QED) is 0.763. The van der Waals surface area contributed by atoms with Gasteiger partial charge in [-0.05, 0) is 43.5 Å². The number of carbonyl (C=O) groups excluding carboxylic acids is 1. The Morgan fingerprint density at radius 2 is 1.80 bits per heavy atom. The van der Waals surface area contributed by atoms with Crippen LogP contribution >= 0.6 is 11.8 Å².